The number of carbonyl (C=O) groups is 1. The molecule has 2 heterocycles. The molecule has 1 saturated heterocycles. The van der Waals surface area contributed by atoms with Crippen molar-refractivity contribution in [3.8, 4) is 5.69 Å². The van der Waals surface area contributed by atoms with Gasteiger partial charge in [-0.25, -0.2) is 17.8 Å². The van der Waals surface area contributed by atoms with Crippen molar-refractivity contribution in [3.05, 3.63) is 48.3 Å². The summed E-state index contributed by atoms with van der Waals surface area (Å²) in [5.41, 5.74) is 1.38. The normalized spacial score (nSPS) is 18.5. The van der Waals surface area contributed by atoms with Crippen molar-refractivity contribution >= 4 is 15.9 Å². The van der Waals surface area contributed by atoms with Crippen LogP contribution in [0.15, 0.2) is 42.7 Å². The fourth-order valence-corrected chi connectivity index (χ4v) is 3.70. The number of piperidine rings is 1. The summed E-state index contributed by atoms with van der Waals surface area (Å²) < 4.78 is 27.0. The quantitative estimate of drug-likeness (QED) is 0.894. The number of carbonyl (C=O) groups excluding carboxylic acids is 1. The number of hydrogen-bond acceptors (Lipinski definition) is 4. The van der Waals surface area contributed by atoms with Gasteiger partial charge in [0.1, 0.15) is 0 Å². The van der Waals surface area contributed by atoms with Gasteiger partial charge in [-0.1, -0.05) is 18.2 Å². The number of para-hydroxylation sites is 1. The van der Waals surface area contributed by atoms with Gasteiger partial charge in [0.05, 0.1) is 23.7 Å². The van der Waals surface area contributed by atoms with Crippen LogP contribution in [0, 0.1) is 0 Å². The predicted molar refractivity (Wildman–Crippen MR) is 90.5 cm³/mol. The van der Waals surface area contributed by atoms with Crippen molar-refractivity contribution in [3.63, 3.8) is 0 Å². The lowest BCUT2D eigenvalue weighted by atomic mass is 10.1. The Bertz CT molecular complexity index is 817. The van der Waals surface area contributed by atoms with Gasteiger partial charge < -0.3 is 4.90 Å². The van der Waals surface area contributed by atoms with Gasteiger partial charge in [0.15, 0.2) is 0 Å². The molecule has 0 unspecified atom stereocenters. The van der Waals surface area contributed by atoms with E-state index in [0.717, 1.165) is 24.8 Å². The molecule has 1 fully saturated rings. The van der Waals surface area contributed by atoms with Crippen LogP contribution in [0.5, 0.6) is 0 Å². The van der Waals surface area contributed by atoms with Gasteiger partial charge in [-0.3, -0.25) is 4.79 Å². The van der Waals surface area contributed by atoms with E-state index in [1.54, 1.807) is 22.0 Å². The molecule has 1 N–H and O–H groups in total. The average molecular weight is 348 g/mol. The van der Waals surface area contributed by atoms with Crippen LogP contribution in [0.25, 0.3) is 5.69 Å². The molecule has 0 radical (unpaired) electrons. The second-order valence-corrected chi connectivity index (χ2v) is 7.77. The Kier molecular flexibility index (Phi) is 4.68. The van der Waals surface area contributed by atoms with Gasteiger partial charge in [0.25, 0.3) is 5.91 Å². The fraction of sp³-hybridized carbons (Fsp3) is 0.375. The summed E-state index contributed by atoms with van der Waals surface area (Å²) in [7, 11) is -3.27. The highest BCUT2D eigenvalue weighted by molar-refractivity contribution is 7.88. The van der Waals surface area contributed by atoms with E-state index in [-0.39, 0.29) is 11.9 Å². The van der Waals surface area contributed by atoms with Gasteiger partial charge >= 0.3 is 0 Å². The zero-order valence-corrected chi connectivity index (χ0v) is 14.2. The summed E-state index contributed by atoms with van der Waals surface area (Å²) >= 11 is 0. The van der Waals surface area contributed by atoms with Crippen LogP contribution in [0.4, 0.5) is 0 Å². The first-order valence-corrected chi connectivity index (χ1v) is 9.68. The summed E-state index contributed by atoms with van der Waals surface area (Å²) in [6.45, 7) is 1.000. The Morgan fingerprint density at radius 3 is 2.75 bits per heavy atom. The van der Waals surface area contributed by atoms with Crippen molar-refractivity contribution in [2.24, 2.45) is 0 Å². The molecule has 8 heteroatoms. The standard InChI is InChI=1S/C16H20N4O3S/c1-24(22,23)18-14-6-5-9-19(12-14)16(21)13-10-17-20(11-13)15-7-3-2-4-8-15/h2-4,7-8,10-11,14,18H,5-6,9,12H2,1H3/t14-/m1/s1. The SMILES string of the molecule is CS(=O)(=O)N[C@@H]1CCCN(C(=O)c2cnn(-c3ccccc3)c2)C1. The predicted octanol–water partition coefficient (Wildman–Crippen LogP) is 1.03. The average Bonchev–Trinajstić information content (AvgIpc) is 3.03. The molecular formula is C16H20N4O3S. The second kappa shape index (κ2) is 6.74. The Morgan fingerprint density at radius 2 is 2.04 bits per heavy atom. The third-order valence-corrected chi connectivity index (χ3v) is 4.70. The van der Waals surface area contributed by atoms with E-state index in [1.165, 1.54) is 0 Å². The maximum atomic E-state index is 12.7. The monoisotopic (exact) mass is 348 g/mol. The highest BCUT2D eigenvalue weighted by Gasteiger charge is 2.26. The zero-order chi connectivity index (χ0) is 17.2. The minimum absolute atomic E-state index is 0.128. The van der Waals surface area contributed by atoms with Crippen LogP contribution in [0.1, 0.15) is 23.2 Å². The summed E-state index contributed by atoms with van der Waals surface area (Å²) in [6.07, 6.45) is 5.89. The highest BCUT2D eigenvalue weighted by atomic mass is 32.2. The molecule has 0 saturated carbocycles. The topological polar surface area (TPSA) is 84.3 Å². The van der Waals surface area contributed by atoms with Crippen molar-refractivity contribution in [2.75, 3.05) is 19.3 Å². The molecular weight excluding hydrogens is 328 g/mol. The van der Waals surface area contributed by atoms with E-state index in [1.807, 2.05) is 30.3 Å². The first kappa shape index (κ1) is 16.7. The molecule has 1 aromatic carbocycles. The van der Waals surface area contributed by atoms with E-state index in [0.29, 0.717) is 18.7 Å². The maximum absolute atomic E-state index is 12.7. The van der Waals surface area contributed by atoms with Gasteiger partial charge in [-0.05, 0) is 25.0 Å². The molecule has 7 nitrogen and oxygen atoms in total. The summed E-state index contributed by atoms with van der Waals surface area (Å²) in [6, 6.07) is 9.32. The smallest absolute Gasteiger partial charge is 0.257 e. The second-order valence-electron chi connectivity index (χ2n) is 5.99. The lowest BCUT2D eigenvalue weighted by Gasteiger charge is -2.32. The van der Waals surface area contributed by atoms with Crippen LogP contribution in [-0.2, 0) is 10.0 Å². The lowest BCUT2D eigenvalue weighted by Crippen LogP contribution is -2.49. The molecule has 2 aromatic rings. The van der Waals surface area contributed by atoms with Crippen molar-refractivity contribution < 1.29 is 13.2 Å². The van der Waals surface area contributed by atoms with E-state index in [4.69, 9.17) is 0 Å². The number of hydrogen-bond donors (Lipinski definition) is 1. The first-order chi connectivity index (χ1) is 11.4. The minimum atomic E-state index is -3.27. The van der Waals surface area contributed by atoms with Crippen LogP contribution in [0.2, 0.25) is 0 Å². The van der Waals surface area contributed by atoms with Gasteiger partial charge in [-0.2, -0.15) is 5.10 Å². The number of sulfonamides is 1. The largest absolute Gasteiger partial charge is 0.337 e. The van der Waals surface area contributed by atoms with Crippen molar-refractivity contribution in [2.45, 2.75) is 18.9 Å². The van der Waals surface area contributed by atoms with Crippen LogP contribution in [0.3, 0.4) is 0 Å². The summed E-state index contributed by atoms with van der Waals surface area (Å²) in [5.74, 6) is -0.128. The molecule has 0 bridgehead atoms. The van der Waals surface area contributed by atoms with Gasteiger partial charge in [-0.15, -0.1) is 0 Å². The number of likely N-dealkylation sites (tertiary alicyclic amines) is 1. The van der Waals surface area contributed by atoms with E-state index < -0.39 is 10.0 Å². The van der Waals surface area contributed by atoms with Crippen molar-refractivity contribution in [1.82, 2.24) is 19.4 Å². The van der Waals surface area contributed by atoms with E-state index >= 15 is 0 Å². The zero-order valence-electron chi connectivity index (χ0n) is 13.4. The molecule has 0 spiro atoms. The van der Waals surface area contributed by atoms with E-state index in [9.17, 15) is 13.2 Å². The minimum Gasteiger partial charge on any atom is -0.337 e. The molecule has 128 valence electrons. The maximum Gasteiger partial charge on any atom is 0.257 e. The molecule has 1 aliphatic heterocycles. The number of rotatable bonds is 4. The van der Waals surface area contributed by atoms with Gasteiger partial charge in [0, 0.05) is 25.3 Å². The third kappa shape index (κ3) is 4.01. The van der Waals surface area contributed by atoms with Crippen LogP contribution >= 0.6 is 0 Å². The Balaban J connectivity index is 1.71. The molecule has 1 amide bonds. The Morgan fingerprint density at radius 1 is 1.29 bits per heavy atom. The molecule has 1 aliphatic rings. The molecule has 0 aliphatic carbocycles. The fourth-order valence-electron chi connectivity index (χ4n) is 2.90. The van der Waals surface area contributed by atoms with Crippen LogP contribution in [-0.4, -0.2) is 54.4 Å². The third-order valence-electron chi connectivity index (χ3n) is 3.94. The van der Waals surface area contributed by atoms with Crippen molar-refractivity contribution in [1.29, 1.82) is 0 Å². The first-order valence-electron chi connectivity index (χ1n) is 7.79. The Labute approximate surface area is 141 Å². The number of nitrogens with one attached hydrogen (secondary N) is 1. The van der Waals surface area contributed by atoms with E-state index in [2.05, 4.69) is 9.82 Å². The van der Waals surface area contributed by atoms with Gasteiger partial charge in [0.2, 0.25) is 10.0 Å². The number of benzene rings is 1. The summed E-state index contributed by atoms with van der Waals surface area (Å²) in [4.78, 5) is 14.3. The molecule has 24 heavy (non-hydrogen) atoms. The number of amides is 1. The Hall–Kier alpha value is -2.19. The molecule has 1 atom stereocenters. The molecule has 3 rings (SSSR count). The lowest BCUT2D eigenvalue weighted by molar-refractivity contribution is 0.0703. The number of aromatic nitrogens is 2. The summed E-state index contributed by atoms with van der Waals surface area (Å²) in [5, 5.41) is 4.24. The molecule has 1 aromatic heterocycles. The number of nitrogens with zero attached hydrogens (tertiary/aromatic N) is 3. The van der Waals surface area contributed by atoms with Crippen LogP contribution < -0.4 is 4.72 Å². The highest BCUT2D eigenvalue weighted by Crippen LogP contribution is 2.15.